The Hall–Kier alpha value is -1.69. The van der Waals surface area contributed by atoms with Crippen LogP contribution in [-0.2, 0) is 21.9 Å². The van der Waals surface area contributed by atoms with Gasteiger partial charge in [-0.3, -0.25) is 9.59 Å². The van der Waals surface area contributed by atoms with E-state index in [9.17, 15) is 9.59 Å². The van der Waals surface area contributed by atoms with Crippen LogP contribution in [0, 0.1) is 13.8 Å². The van der Waals surface area contributed by atoms with Gasteiger partial charge in [-0.1, -0.05) is 65.5 Å². The summed E-state index contributed by atoms with van der Waals surface area (Å²) in [7, 11) is 0. The molecule has 0 unspecified atom stereocenters. The SMILES string of the molecule is CC[C@H](C(=O)NC(C)C)N(Cc1ccc(Cl)cc1Cl)C(=O)CSCc1cc(C)cc(C)c1. The molecule has 1 N–H and O–H groups in total. The molecule has 0 aliphatic heterocycles. The average Bonchev–Trinajstić information content (AvgIpc) is 2.68. The summed E-state index contributed by atoms with van der Waals surface area (Å²) in [5, 5.41) is 3.96. The van der Waals surface area contributed by atoms with Crippen molar-refractivity contribution in [2.45, 2.75) is 65.4 Å². The normalized spacial score (nSPS) is 12.0. The van der Waals surface area contributed by atoms with Gasteiger partial charge in [0.05, 0.1) is 5.75 Å². The third-order valence-electron chi connectivity index (χ3n) is 4.95. The first-order valence-electron chi connectivity index (χ1n) is 10.8. The molecule has 174 valence electrons. The lowest BCUT2D eigenvalue weighted by Crippen LogP contribution is -2.51. The highest BCUT2D eigenvalue weighted by Gasteiger charge is 2.29. The number of rotatable bonds is 10. The summed E-state index contributed by atoms with van der Waals surface area (Å²) in [6.45, 7) is 10.1. The molecule has 1 atom stereocenters. The summed E-state index contributed by atoms with van der Waals surface area (Å²) in [4.78, 5) is 27.8. The van der Waals surface area contributed by atoms with Crippen LogP contribution in [0.25, 0.3) is 0 Å². The van der Waals surface area contributed by atoms with Gasteiger partial charge < -0.3 is 10.2 Å². The largest absolute Gasteiger partial charge is 0.352 e. The van der Waals surface area contributed by atoms with Gasteiger partial charge in [-0.05, 0) is 57.4 Å². The molecule has 0 heterocycles. The molecule has 2 aromatic carbocycles. The van der Waals surface area contributed by atoms with Crippen LogP contribution in [0.3, 0.4) is 0 Å². The van der Waals surface area contributed by atoms with Crippen molar-refractivity contribution in [3.05, 3.63) is 68.7 Å². The molecule has 2 amide bonds. The molecule has 32 heavy (non-hydrogen) atoms. The van der Waals surface area contributed by atoms with E-state index in [4.69, 9.17) is 23.2 Å². The summed E-state index contributed by atoms with van der Waals surface area (Å²) in [5.41, 5.74) is 4.38. The second-order valence-corrected chi connectivity index (χ2v) is 10.2. The Bertz CT molecular complexity index is 929. The molecule has 0 spiro atoms. The first-order chi connectivity index (χ1) is 15.1. The van der Waals surface area contributed by atoms with Gasteiger partial charge in [-0.15, -0.1) is 11.8 Å². The number of hydrogen-bond acceptors (Lipinski definition) is 3. The number of halogens is 2. The average molecular weight is 496 g/mol. The number of hydrogen-bond donors (Lipinski definition) is 1. The topological polar surface area (TPSA) is 49.4 Å². The molecular formula is C25H32Cl2N2O2S. The van der Waals surface area contributed by atoms with Gasteiger partial charge in [-0.25, -0.2) is 0 Å². The minimum atomic E-state index is -0.571. The van der Waals surface area contributed by atoms with Crippen molar-refractivity contribution < 1.29 is 9.59 Å². The van der Waals surface area contributed by atoms with E-state index in [0.29, 0.717) is 16.5 Å². The van der Waals surface area contributed by atoms with Crippen LogP contribution < -0.4 is 5.32 Å². The Morgan fingerprint density at radius 1 is 1.06 bits per heavy atom. The maximum atomic E-state index is 13.3. The number of benzene rings is 2. The molecule has 0 aliphatic carbocycles. The lowest BCUT2D eigenvalue weighted by Gasteiger charge is -2.31. The van der Waals surface area contributed by atoms with Crippen LogP contribution in [-0.4, -0.2) is 34.6 Å². The van der Waals surface area contributed by atoms with Crippen molar-refractivity contribution >= 4 is 46.8 Å². The number of nitrogens with one attached hydrogen (secondary N) is 1. The number of carbonyl (C=O) groups excluding carboxylic acids is 2. The van der Waals surface area contributed by atoms with E-state index >= 15 is 0 Å². The molecule has 0 aliphatic rings. The number of aryl methyl sites for hydroxylation is 2. The highest BCUT2D eigenvalue weighted by Crippen LogP contribution is 2.25. The minimum absolute atomic E-state index is 0.00782. The standard InChI is InChI=1S/C25H32Cl2N2O2S/c1-6-23(25(31)28-16(2)3)29(13-20-7-8-21(26)12-22(20)27)24(30)15-32-14-19-10-17(4)9-18(5)11-19/h7-12,16,23H,6,13-15H2,1-5H3,(H,28,31)/t23-/m1/s1. The van der Waals surface area contributed by atoms with Gasteiger partial charge in [0.2, 0.25) is 11.8 Å². The van der Waals surface area contributed by atoms with E-state index in [1.807, 2.05) is 20.8 Å². The Kier molecular flexibility index (Phi) is 10.4. The van der Waals surface area contributed by atoms with Crippen LogP contribution in [0.1, 0.15) is 49.4 Å². The zero-order chi connectivity index (χ0) is 23.8. The van der Waals surface area contributed by atoms with Gasteiger partial charge in [-0.2, -0.15) is 0 Å². The molecule has 4 nitrogen and oxygen atoms in total. The molecule has 2 aromatic rings. The molecule has 0 saturated heterocycles. The third-order valence-corrected chi connectivity index (χ3v) is 6.52. The lowest BCUT2D eigenvalue weighted by molar-refractivity contribution is -0.139. The molecule has 2 rings (SSSR count). The molecular weight excluding hydrogens is 463 g/mol. The molecule has 0 bridgehead atoms. The Labute approximate surface area is 206 Å². The second-order valence-electron chi connectivity index (χ2n) is 8.33. The Morgan fingerprint density at radius 2 is 1.72 bits per heavy atom. The number of thioether (sulfide) groups is 1. The molecule has 0 fully saturated rings. The van der Waals surface area contributed by atoms with E-state index in [2.05, 4.69) is 37.4 Å². The minimum Gasteiger partial charge on any atom is -0.352 e. The zero-order valence-electron chi connectivity index (χ0n) is 19.4. The Balaban J connectivity index is 2.19. The van der Waals surface area contributed by atoms with Crippen LogP contribution in [0.4, 0.5) is 0 Å². The van der Waals surface area contributed by atoms with Crippen molar-refractivity contribution in [1.29, 1.82) is 0 Å². The monoisotopic (exact) mass is 494 g/mol. The highest BCUT2D eigenvalue weighted by atomic mass is 35.5. The molecule has 0 saturated carbocycles. The van der Waals surface area contributed by atoms with Gasteiger partial charge in [0.25, 0.3) is 0 Å². The highest BCUT2D eigenvalue weighted by molar-refractivity contribution is 7.99. The summed E-state index contributed by atoms with van der Waals surface area (Å²) in [6, 6.07) is 11.0. The smallest absolute Gasteiger partial charge is 0.243 e. The van der Waals surface area contributed by atoms with E-state index in [1.54, 1.807) is 34.9 Å². The number of amides is 2. The predicted molar refractivity (Wildman–Crippen MR) is 136 cm³/mol. The zero-order valence-corrected chi connectivity index (χ0v) is 21.7. The third kappa shape index (κ3) is 8.02. The predicted octanol–water partition coefficient (Wildman–Crippen LogP) is 6.18. The second kappa shape index (κ2) is 12.5. The van der Waals surface area contributed by atoms with Crippen LogP contribution in [0.2, 0.25) is 10.0 Å². The van der Waals surface area contributed by atoms with Gasteiger partial charge >= 0.3 is 0 Å². The van der Waals surface area contributed by atoms with Crippen molar-refractivity contribution in [3.8, 4) is 0 Å². The summed E-state index contributed by atoms with van der Waals surface area (Å²) < 4.78 is 0. The van der Waals surface area contributed by atoms with Crippen molar-refractivity contribution in [3.63, 3.8) is 0 Å². The number of carbonyl (C=O) groups is 2. The van der Waals surface area contributed by atoms with Gasteiger partial charge in [0.15, 0.2) is 0 Å². The van der Waals surface area contributed by atoms with Crippen LogP contribution in [0.15, 0.2) is 36.4 Å². The fourth-order valence-corrected chi connectivity index (χ4v) is 4.94. The fourth-order valence-electron chi connectivity index (χ4n) is 3.63. The van der Waals surface area contributed by atoms with Gasteiger partial charge in [0.1, 0.15) is 6.04 Å². The molecule has 7 heteroatoms. The van der Waals surface area contributed by atoms with E-state index in [0.717, 1.165) is 11.3 Å². The summed E-state index contributed by atoms with van der Waals surface area (Å²) in [6.07, 6.45) is 0.511. The van der Waals surface area contributed by atoms with Crippen LogP contribution >= 0.6 is 35.0 Å². The van der Waals surface area contributed by atoms with E-state index in [-0.39, 0.29) is 30.2 Å². The van der Waals surface area contributed by atoms with Crippen LogP contribution in [0.5, 0.6) is 0 Å². The van der Waals surface area contributed by atoms with Crippen molar-refractivity contribution in [2.24, 2.45) is 0 Å². The fraction of sp³-hybridized carbons (Fsp3) is 0.440. The maximum absolute atomic E-state index is 13.3. The Morgan fingerprint density at radius 3 is 2.28 bits per heavy atom. The maximum Gasteiger partial charge on any atom is 0.243 e. The number of nitrogens with zero attached hydrogens (tertiary/aromatic N) is 1. The lowest BCUT2D eigenvalue weighted by atomic mass is 10.1. The van der Waals surface area contributed by atoms with E-state index < -0.39 is 6.04 Å². The van der Waals surface area contributed by atoms with Crippen molar-refractivity contribution in [2.75, 3.05) is 5.75 Å². The summed E-state index contributed by atoms with van der Waals surface area (Å²) >= 11 is 14.0. The van der Waals surface area contributed by atoms with Gasteiger partial charge in [0, 0.05) is 28.4 Å². The first kappa shape index (κ1) is 26.6. The molecule has 0 radical (unpaired) electrons. The van der Waals surface area contributed by atoms with Crippen molar-refractivity contribution in [1.82, 2.24) is 10.2 Å². The molecule has 0 aromatic heterocycles. The quantitative estimate of drug-likeness (QED) is 0.429. The summed E-state index contributed by atoms with van der Waals surface area (Å²) in [5.74, 6) is 0.777. The van der Waals surface area contributed by atoms with E-state index in [1.165, 1.54) is 16.7 Å². The first-order valence-corrected chi connectivity index (χ1v) is 12.7.